The molecule has 0 heteroatoms. The van der Waals surface area contributed by atoms with Crippen LogP contribution in [0, 0.1) is 0 Å². The molecule has 0 bridgehead atoms. The van der Waals surface area contributed by atoms with Crippen LogP contribution in [-0.2, 0) is 5.41 Å². The minimum atomic E-state index is -0.170. The summed E-state index contributed by atoms with van der Waals surface area (Å²) in [5.74, 6) is 0. The Morgan fingerprint density at radius 2 is 0.708 bits per heavy atom. The highest BCUT2D eigenvalue weighted by molar-refractivity contribution is 6.30. The maximum absolute atomic E-state index is 2.60. The van der Waals surface area contributed by atoms with E-state index in [1.54, 1.807) is 0 Å². The summed E-state index contributed by atoms with van der Waals surface area (Å²) in [7, 11) is 0. The summed E-state index contributed by atoms with van der Waals surface area (Å²) < 4.78 is 0. The first-order valence-corrected chi connectivity index (χ1v) is 23.0. The fraction of sp³-hybridized carbons (Fsp3) is 0.0462. The highest BCUT2D eigenvalue weighted by Crippen LogP contribution is 2.57. The van der Waals surface area contributed by atoms with Crippen LogP contribution in [0.4, 0.5) is 0 Å². The second kappa shape index (κ2) is 12.6. The van der Waals surface area contributed by atoms with Crippen molar-refractivity contribution in [3.05, 3.63) is 217 Å². The van der Waals surface area contributed by atoms with Gasteiger partial charge in [0, 0.05) is 5.41 Å². The predicted molar refractivity (Wildman–Crippen MR) is 277 cm³/mol. The number of fused-ring (bicyclic) bond motifs is 12. The molecule has 0 saturated heterocycles. The van der Waals surface area contributed by atoms with Crippen molar-refractivity contribution in [1.82, 2.24) is 0 Å². The van der Waals surface area contributed by atoms with Gasteiger partial charge >= 0.3 is 0 Å². The minimum absolute atomic E-state index is 0.170. The van der Waals surface area contributed by atoms with E-state index in [2.05, 4.69) is 220 Å². The zero-order valence-electron chi connectivity index (χ0n) is 36.1. The lowest BCUT2D eigenvalue weighted by atomic mass is 9.78. The highest BCUT2D eigenvalue weighted by Gasteiger charge is 2.37. The molecule has 0 atom stereocenters. The second-order valence-electron chi connectivity index (χ2n) is 19.1. The molecule has 12 aromatic rings. The fourth-order valence-electron chi connectivity index (χ4n) is 12.6. The van der Waals surface area contributed by atoms with Crippen LogP contribution >= 0.6 is 0 Å². The molecule has 0 amide bonds. The Labute approximate surface area is 377 Å². The van der Waals surface area contributed by atoms with Gasteiger partial charge in [-0.15, -0.1) is 0 Å². The quantitative estimate of drug-likeness (QED) is 0.156. The van der Waals surface area contributed by atoms with Gasteiger partial charge in [-0.2, -0.15) is 0 Å². The van der Waals surface area contributed by atoms with Gasteiger partial charge in [0.2, 0.25) is 0 Å². The van der Waals surface area contributed by atoms with Crippen molar-refractivity contribution >= 4 is 53.9 Å². The summed E-state index contributed by atoms with van der Waals surface area (Å²) in [6.07, 6.45) is 0. The molecule has 65 heavy (non-hydrogen) atoms. The highest BCUT2D eigenvalue weighted by atomic mass is 14.4. The van der Waals surface area contributed by atoms with Crippen molar-refractivity contribution in [1.29, 1.82) is 0 Å². The molecule has 0 spiro atoms. The normalized spacial score (nSPS) is 13.5. The van der Waals surface area contributed by atoms with Gasteiger partial charge in [0.25, 0.3) is 0 Å². The summed E-state index contributed by atoms with van der Waals surface area (Å²) in [4.78, 5) is 0. The molecule has 3 aliphatic carbocycles. The molecule has 0 N–H and O–H groups in total. The lowest BCUT2D eigenvalue weighted by Crippen LogP contribution is -2.14. The summed E-state index contributed by atoms with van der Waals surface area (Å²) in [5.41, 5.74) is 23.5. The topological polar surface area (TPSA) is 0 Å². The van der Waals surface area contributed by atoms with Crippen LogP contribution < -0.4 is 0 Å². The Bertz CT molecular complexity index is 4080. The maximum Gasteiger partial charge on any atom is 0.0159 e. The lowest BCUT2D eigenvalue weighted by Gasteiger charge is -2.25. The van der Waals surface area contributed by atoms with E-state index in [0.717, 1.165) is 0 Å². The van der Waals surface area contributed by atoms with Gasteiger partial charge in [0.1, 0.15) is 0 Å². The van der Waals surface area contributed by atoms with Gasteiger partial charge in [-0.1, -0.05) is 196 Å². The first-order valence-electron chi connectivity index (χ1n) is 23.0. The Hall–Kier alpha value is -8.06. The van der Waals surface area contributed by atoms with E-state index in [1.165, 1.54) is 154 Å². The molecule has 3 aliphatic rings. The van der Waals surface area contributed by atoms with Crippen molar-refractivity contribution in [2.75, 3.05) is 0 Å². The van der Waals surface area contributed by atoms with E-state index >= 15 is 0 Å². The van der Waals surface area contributed by atoms with Crippen LogP contribution in [0.5, 0.6) is 0 Å². The molecule has 0 nitrogen and oxygen atoms in total. The molecule has 15 rings (SSSR count). The van der Waals surface area contributed by atoms with Gasteiger partial charge in [-0.3, -0.25) is 0 Å². The van der Waals surface area contributed by atoms with Gasteiger partial charge in [-0.05, 0) is 178 Å². The van der Waals surface area contributed by atoms with Crippen molar-refractivity contribution in [3.8, 4) is 89.0 Å². The SMILES string of the molecule is CC1(C)c2ccccc2-c2cc3c(-c4ccc5c6c(cccc46)-c4ccccc4-5)c4ccc(-c5ccc6ccccc6c5)cc4c(-c4ccc5c6c(cccc46)-c4ccccc4-5)c3cc21. The standard InChI is InChI=1S/C65H40/c1-65(2)59-24-10-9-19-45(59)55-35-57-58(36-60(55)65)64(53-32-30-51-44-18-8-6-16-42(44)47-21-12-23-49(53)62(47)51)56-34-40(39-26-25-37-13-3-4-14-38(37)33-39)27-28-54(56)63(57)52-31-29-50-43-17-7-5-15-41(43)46-20-11-22-48(52)61(46)50/h3-36H,1-2H3. The molecule has 12 aromatic carbocycles. The molecule has 0 saturated carbocycles. The van der Waals surface area contributed by atoms with Crippen molar-refractivity contribution < 1.29 is 0 Å². The van der Waals surface area contributed by atoms with Crippen molar-refractivity contribution in [2.45, 2.75) is 19.3 Å². The van der Waals surface area contributed by atoms with Gasteiger partial charge < -0.3 is 0 Å². The second-order valence-corrected chi connectivity index (χ2v) is 19.1. The van der Waals surface area contributed by atoms with E-state index in [-0.39, 0.29) is 5.41 Å². The third kappa shape index (κ3) is 4.61. The van der Waals surface area contributed by atoms with E-state index < -0.39 is 0 Å². The Kier molecular flexibility index (Phi) is 6.84. The zero-order valence-corrected chi connectivity index (χ0v) is 36.1. The van der Waals surface area contributed by atoms with Crippen LogP contribution in [0.2, 0.25) is 0 Å². The molecule has 300 valence electrons. The molecular formula is C65H40. The molecule has 0 heterocycles. The first kappa shape index (κ1) is 35.4. The molecule has 0 aromatic heterocycles. The molecule has 0 unspecified atom stereocenters. The third-order valence-corrected chi connectivity index (χ3v) is 15.5. The number of benzene rings is 12. The number of rotatable bonds is 3. The number of hydrogen-bond donors (Lipinski definition) is 0. The van der Waals surface area contributed by atoms with Crippen molar-refractivity contribution in [3.63, 3.8) is 0 Å². The van der Waals surface area contributed by atoms with Crippen LogP contribution in [-0.4, -0.2) is 0 Å². The molecular weight excluding hydrogens is 781 g/mol. The van der Waals surface area contributed by atoms with Gasteiger partial charge in [0.15, 0.2) is 0 Å². The van der Waals surface area contributed by atoms with Crippen LogP contribution in [0.3, 0.4) is 0 Å². The summed E-state index contributed by atoms with van der Waals surface area (Å²) >= 11 is 0. The Balaban J connectivity index is 1.13. The van der Waals surface area contributed by atoms with E-state index in [4.69, 9.17) is 0 Å². The van der Waals surface area contributed by atoms with Crippen LogP contribution in [0.15, 0.2) is 206 Å². The fourth-order valence-corrected chi connectivity index (χ4v) is 12.6. The average molecular weight is 821 g/mol. The van der Waals surface area contributed by atoms with E-state index in [1.807, 2.05) is 0 Å². The Morgan fingerprint density at radius 1 is 0.246 bits per heavy atom. The average Bonchev–Trinajstić information content (AvgIpc) is 3.94. The first-order chi connectivity index (χ1) is 32.0. The van der Waals surface area contributed by atoms with Crippen LogP contribution in [0.1, 0.15) is 25.0 Å². The van der Waals surface area contributed by atoms with Crippen LogP contribution in [0.25, 0.3) is 143 Å². The number of hydrogen-bond acceptors (Lipinski definition) is 0. The van der Waals surface area contributed by atoms with E-state index in [0.29, 0.717) is 0 Å². The van der Waals surface area contributed by atoms with E-state index in [9.17, 15) is 0 Å². The zero-order chi connectivity index (χ0) is 42.7. The molecule has 0 aliphatic heterocycles. The predicted octanol–water partition coefficient (Wildman–Crippen LogP) is 18.1. The summed E-state index contributed by atoms with van der Waals surface area (Å²) in [6, 6.07) is 78.7. The maximum atomic E-state index is 2.60. The Morgan fingerprint density at radius 3 is 1.35 bits per heavy atom. The largest absolute Gasteiger partial charge is 0.0619 e. The molecule has 0 radical (unpaired) electrons. The third-order valence-electron chi connectivity index (χ3n) is 15.5. The summed E-state index contributed by atoms with van der Waals surface area (Å²) in [6.45, 7) is 4.83. The van der Waals surface area contributed by atoms with Gasteiger partial charge in [0.05, 0.1) is 0 Å². The lowest BCUT2D eigenvalue weighted by molar-refractivity contribution is 0.661. The summed E-state index contributed by atoms with van der Waals surface area (Å²) in [5, 5.41) is 12.9. The molecule has 0 fully saturated rings. The smallest absolute Gasteiger partial charge is 0.0159 e. The minimum Gasteiger partial charge on any atom is -0.0619 e. The van der Waals surface area contributed by atoms with Gasteiger partial charge in [-0.25, -0.2) is 0 Å². The van der Waals surface area contributed by atoms with Crippen molar-refractivity contribution in [2.24, 2.45) is 0 Å². The monoisotopic (exact) mass is 820 g/mol.